The second-order valence-electron chi connectivity index (χ2n) is 6.83. The molecule has 0 unspecified atom stereocenters. The number of nitrogens with zero attached hydrogens (tertiary/aromatic N) is 3. The summed E-state index contributed by atoms with van der Waals surface area (Å²) in [6.45, 7) is 1.24. The number of nitrogens with one attached hydrogen (secondary N) is 1. The lowest BCUT2D eigenvalue weighted by molar-refractivity contribution is 0.295. The Kier molecular flexibility index (Phi) is 5.34. The number of H-pyrrole nitrogens is 1. The number of benzene rings is 3. The van der Waals surface area contributed by atoms with Gasteiger partial charge in [0.25, 0.3) is 0 Å². The first-order valence-electron chi connectivity index (χ1n) is 9.66. The number of aromatic amines is 1. The third-order valence-corrected chi connectivity index (χ3v) is 6.03. The van der Waals surface area contributed by atoms with Crippen molar-refractivity contribution in [1.82, 2.24) is 19.5 Å². The van der Waals surface area contributed by atoms with E-state index in [-0.39, 0.29) is 0 Å². The first kappa shape index (κ1) is 19.0. The summed E-state index contributed by atoms with van der Waals surface area (Å²) in [6.07, 6.45) is 0. The van der Waals surface area contributed by atoms with Crippen LogP contribution in [0, 0.1) is 0 Å². The molecule has 0 spiro atoms. The van der Waals surface area contributed by atoms with Gasteiger partial charge in [0.05, 0.1) is 34.4 Å². The van der Waals surface area contributed by atoms with Crippen LogP contribution in [0.4, 0.5) is 0 Å². The van der Waals surface area contributed by atoms with Crippen LogP contribution in [0.25, 0.3) is 22.1 Å². The van der Waals surface area contributed by atoms with Gasteiger partial charge in [0, 0.05) is 5.02 Å². The summed E-state index contributed by atoms with van der Waals surface area (Å²) in [6, 6.07) is 23.7. The zero-order chi connectivity index (χ0) is 20.3. The van der Waals surface area contributed by atoms with Gasteiger partial charge in [-0.1, -0.05) is 47.6 Å². The Morgan fingerprint density at radius 2 is 1.67 bits per heavy atom. The fraction of sp³-hybridized carbons (Fsp3) is 0.130. The van der Waals surface area contributed by atoms with Crippen LogP contribution in [0.1, 0.15) is 5.82 Å². The van der Waals surface area contributed by atoms with Crippen LogP contribution in [-0.2, 0) is 12.3 Å². The van der Waals surface area contributed by atoms with E-state index >= 15 is 0 Å². The number of fused-ring (bicyclic) bond motifs is 2. The Balaban J connectivity index is 1.34. The molecule has 0 aliphatic carbocycles. The van der Waals surface area contributed by atoms with E-state index in [1.165, 1.54) is 0 Å². The number of ether oxygens (including phenoxy) is 1. The number of rotatable bonds is 7. The molecule has 0 fully saturated rings. The summed E-state index contributed by atoms with van der Waals surface area (Å²) in [7, 11) is 0. The first-order valence-corrected chi connectivity index (χ1v) is 11.0. The molecule has 0 saturated heterocycles. The minimum atomic E-state index is 0.542. The van der Waals surface area contributed by atoms with E-state index in [0.29, 0.717) is 18.2 Å². The standard InChI is InChI=1S/C23H19ClN4OS/c24-16-9-11-17(12-10-16)29-14-13-28-21-8-4-3-7-20(21)27-23(28)30-15-22-25-18-5-1-2-6-19(18)26-22/h1-12H,13-15H2,(H,25,26). The Morgan fingerprint density at radius 1 is 0.900 bits per heavy atom. The lowest BCUT2D eigenvalue weighted by Gasteiger charge is -2.10. The molecule has 0 radical (unpaired) electrons. The second kappa shape index (κ2) is 8.42. The van der Waals surface area contributed by atoms with Crippen LogP contribution in [0.5, 0.6) is 5.75 Å². The predicted molar refractivity (Wildman–Crippen MR) is 122 cm³/mol. The number of hydrogen-bond donors (Lipinski definition) is 1. The molecule has 0 saturated carbocycles. The maximum Gasteiger partial charge on any atom is 0.169 e. The molecule has 7 heteroatoms. The third-order valence-electron chi connectivity index (χ3n) is 4.79. The lowest BCUT2D eigenvalue weighted by atomic mass is 10.3. The molecule has 3 aromatic carbocycles. The predicted octanol–water partition coefficient (Wildman–Crippen LogP) is 5.94. The molecule has 5 rings (SSSR count). The quantitative estimate of drug-likeness (QED) is 0.322. The molecule has 0 amide bonds. The van der Waals surface area contributed by atoms with Crippen LogP contribution < -0.4 is 4.74 Å². The number of halogens is 1. The number of hydrogen-bond acceptors (Lipinski definition) is 4. The van der Waals surface area contributed by atoms with Crippen LogP contribution in [0.15, 0.2) is 78.0 Å². The molecule has 30 heavy (non-hydrogen) atoms. The minimum Gasteiger partial charge on any atom is -0.492 e. The summed E-state index contributed by atoms with van der Waals surface area (Å²) in [5, 5.41) is 1.66. The first-order chi connectivity index (χ1) is 14.8. The fourth-order valence-corrected chi connectivity index (χ4v) is 4.41. The van der Waals surface area contributed by atoms with Gasteiger partial charge in [-0.25, -0.2) is 9.97 Å². The smallest absolute Gasteiger partial charge is 0.169 e. The van der Waals surface area contributed by atoms with E-state index in [2.05, 4.69) is 20.6 Å². The molecule has 1 N–H and O–H groups in total. The van der Waals surface area contributed by atoms with Crippen molar-refractivity contribution in [1.29, 1.82) is 0 Å². The van der Waals surface area contributed by atoms with Crippen molar-refractivity contribution in [3.8, 4) is 5.75 Å². The largest absolute Gasteiger partial charge is 0.492 e. The Labute approximate surface area is 183 Å². The lowest BCUT2D eigenvalue weighted by Crippen LogP contribution is -2.09. The minimum absolute atomic E-state index is 0.542. The highest BCUT2D eigenvalue weighted by Gasteiger charge is 2.12. The number of aromatic nitrogens is 4. The highest BCUT2D eigenvalue weighted by molar-refractivity contribution is 7.98. The molecular formula is C23H19ClN4OS. The maximum absolute atomic E-state index is 5.95. The third kappa shape index (κ3) is 4.01. The molecule has 0 aliphatic rings. The van der Waals surface area contributed by atoms with Crippen molar-refractivity contribution < 1.29 is 4.74 Å². The molecule has 2 aromatic heterocycles. The van der Waals surface area contributed by atoms with Gasteiger partial charge in [0.1, 0.15) is 18.2 Å². The Bertz CT molecular complexity index is 1260. The van der Waals surface area contributed by atoms with Gasteiger partial charge in [-0.05, 0) is 48.5 Å². The molecule has 0 bridgehead atoms. The monoisotopic (exact) mass is 434 g/mol. The van der Waals surface area contributed by atoms with Gasteiger partial charge in [0.2, 0.25) is 0 Å². The highest BCUT2D eigenvalue weighted by atomic mass is 35.5. The van der Waals surface area contributed by atoms with Crippen LogP contribution >= 0.6 is 23.4 Å². The van der Waals surface area contributed by atoms with Crippen molar-refractivity contribution in [3.63, 3.8) is 0 Å². The zero-order valence-corrected chi connectivity index (χ0v) is 17.7. The average Bonchev–Trinajstić information content (AvgIpc) is 3.34. The van der Waals surface area contributed by atoms with Gasteiger partial charge >= 0.3 is 0 Å². The van der Waals surface area contributed by atoms with E-state index in [9.17, 15) is 0 Å². The summed E-state index contributed by atoms with van der Waals surface area (Å²) < 4.78 is 8.11. The van der Waals surface area contributed by atoms with Gasteiger partial charge in [-0.2, -0.15) is 0 Å². The summed E-state index contributed by atoms with van der Waals surface area (Å²) >= 11 is 7.62. The summed E-state index contributed by atoms with van der Waals surface area (Å²) in [5.74, 6) is 2.47. The van der Waals surface area contributed by atoms with Gasteiger partial charge in [-0.15, -0.1) is 0 Å². The summed E-state index contributed by atoms with van der Waals surface area (Å²) in [5.41, 5.74) is 4.12. The molecule has 0 aliphatic heterocycles. The SMILES string of the molecule is Clc1ccc(OCCn2c(SCc3nc4ccccc4[nH]3)nc3ccccc32)cc1. The average molecular weight is 435 g/mol. The summed E-state index contributed by atoms with van der Waals surface area (Å²) in [4.78, 5) is 12.9. The molecule has 5 nitrogen and oxygen atoms in total. The van der Waals surface area contributed by atoms with E-state index < -0.39 is 0 Å². The fourth-order valence-electron chi connectivity index (χ4n) is 3.37. The Morgan fingerprint density at radius 3 is 2.50 bits per heavy atom. The van der Waals surface area contributed by atoms with Gasteiger partial charge < -0.3 is 14.3 Å². The normalized spacial score (nSPS) is 11.4. The molecular weight excluding hydrogens is 416 g/mol. The van der Waals surface area contributed by atoms with Crippen LogP contribution in [0.3, 0.4) is 0 Å². The number of para-hydroxylation sites is 4. The molecule has 2 heterocycles. The van der Waals surface area contributed by atoms with E-state index in [1.807, 2.05) is 66.7 Å². The number of imidazole rings is 2. The van der Waals surface area contributed by atoms with Crippen molar-refractivity contribution in [2.45, 2.75) is 17.5 Å². The van der Waals surface area contributed by atoms with Crippen LogP contribution in [-0.4, -0.2) is 26.1 Å². The van der Waals surface area contributed by atoms with E-state index in [4.69, 9.17) is 21.3 Å². The van der Waals surface area contributed by atoms with Crippen LogP contribution in [0.2, 0.25) is 5.02 Å². The Hall–Kier alpha value is -2.96. The van der Waals surface area contributed by atoms with E-state index in [0.717, 1.165) is 44.6 Å². The highest BCUT2D eigenvalue weighted by Crippen LogP contribution is 2.27. The molecule has 5 aromatic rings. The maximum atomic E-state index is 5.95. The van der Waals surface area contributed by atoms with Crippen molar-refractivity contribution in [2.24, 2.45) is 0 Å². The van der Waals surface area contributed by atoms with Crippen molar-refractivity contribution in [2.75, 3.05) is 6.61 Å². The topological polar surface area (TPSA) is 55.7 Å². The second-order valence-corrected chi connectivity index (χ2v) is 8.21. The molecule has 0 atom stereocenters. The zero-order valence-electron chi connectivity index (χ0n) is 16.1. The molecule has 150 valence electrons. The van der Waals surface area contributed by atoms with Crippen molar-refractivity contribution in [3.05, 3.63) is 83.6 Å². The van der Waals surface area contributed by atoms with Gasteiger partial charge in [0.15, 0.2) is 5.16 Å². The van der Waals surface area contributed by atoms with Crippen molar-refractivity contribution >= 4 is 45.4 Å². The number of thioether (sulfide) groups is 1. The van der Waals surface area contributed by atoms with E-state index in [1.54, 1.807) is 11.8 Å². The van der Waals surface area contributed by atoms with Gasteiger partial charge in [-0.3, -0.25) is 0 Å².